The van der Waals surface area contributed by atoms with E-state index in [-0.39, 0.29) is 5.56 Å². The summed E-state index contributed by atoms with van der Waals surface area (Å²) in [7, 11) is 0. The Morgan fingerprint density at radius 2 is 0.785 bits per heavy atom. The van der Waals surface area contributed by atoms with Gasteiger partial charge in [0.15, 0.2) is 5.69 Å². The second-order valence-electron chi connectivity index (χ2n) is 14.5. The lowest BCUT2D eigenvalue weighted by atomic mass is 10.1. The van der Waals surface area contributed by atoms with Crippen LogP contribution in [0.1, 0.15) is 90.8 Å². The van der Waals surface area contributed by atoms with Crippen LogP contribution in [0.15, 0.2) is 97.1 Å². The summed E-state index contributed by atoms with van der Waals surface area (Å²) in [6.07, 6.45) is 0. The van der Waals surface area contributed by atoms with E-state index in [0.717, 1.165) is 74.2 Å². The van der Waals surface area contributed by atoms with Crippen molar-refractivity contribution in [2.75, 3.05) is 0 Å². The maximum Gasteiger partial charge on any atom is 0.188 e. The molecule has 0 saturated heterocycles. The van der Waals surface area contributed by atoms with Gasteiger partial charge in [-0.05, 0) is 156 Å². The SMILES string of the molecule is Cc1c(F)cccc1F.Cc1cc(C)nc(C)n1.Cc1cc(C)nc(C)n1.Cc1ccc(C#N)cc1.Cc1cccc(C#N)c1.Cc1nc(C)nc(C)n1.[C-]#[N+]c1cc(C)cc(C#N)c1. The average Bonchev–Trinajstić information content (AvgIpc) is 3.23. The van der Waals surface area contributed by atoms with Gasteiger partial charge in [0.25, 0.3) is 0 Å². The maximum atomic E-state index is 12.3. The van der Waals surface area contributed by atoms with Gasteiger partial charge in [0.05, 0.1) is 35.9 Å². The first-order valence-corrected chi connectivity index (χ1v) is 20.1. The topological polar surface area (TPSA) is 166 Å². The standard InChI is InChI=1S/C9H6N2.2C8H7N.C7H6F2.2C7H10N2.C6H9N3/c1-7-3-8(6-10)5-9(4-7)11-2;1-7-2-4-8(6-9)5-3-7;1-7-3-2-4-8(5-7)6-9;1-5-6(8)3-2-4-7(5)9;2*1-5-4-6(2)9-7(3)8-5;1-4-7-5(2)9-6(3)8-4/h3-5H,1H3;2*2-5H,1H3;2-4H,1H3;2*4H,1-3H3;1-3H3. The summed E-state index contributed by atoms with van der Waals surface area (Å²) in [5, 5.41) is 25.3. The summed E-state index contributed by atoms with van der Waals surface area (Å²) in [6, 6.07) is 34.0. The molecule has 65 heavy (non-hydrogen) atoms. The highest BCUT2D eigenvalue weighted by atomic mass is 19.1. The van der Waals surface area contributed by atoms with Crippen molar-refractivity contribution in [3.8, 4) is 18.2 Å². The van der Waals surface area contributed by atoms with Crippen LogP contribution in [0.3, 0.4) is 0 Å². The minimum absolute atomic E-state index is 0.0810. The van der Waals surface area contributed by atoms with Gasteiger partial charge in [0.1, 0.15) is 40.8 Å². The second kappa shape index (κ2) is 29.2. The summed E-state index contributed by atoms with van der Waals surface area (Å²) in [6.45, 7) is 31.3. The van der Waals surface area contributed by atoms with Crippen LogP contribution in [0, 0.1) is 142 Å². The minimum Gasteiger partial charge on any atom is -0.239 e. The number of aryl methyl sites for hydroxylation is 12. The molecule has 0 aliphatic heterocycles. The Kier molecular flexibility index (Phi) is 24.7. The number of hydrogen-bond acceptors (Lipinski definition) is 10. The third-order valence-electron chi connectivity index (χ3n) is 8.01. The molecule has 0 fully saturated rings. The fourth-order valence-corrected chi connectivity index (χ4v) is 5.40. The van der Waals surface area contributed by atoms with Gasteiger partial charge in [-0.2, -0.15) is 15.8 Å². The summed E-state index contributed by atoms with van der Waals surface area (Å²) in [5.41, 5.74) is 10.1. The first-order valence-electron chi connectivity index (χ1n) is 20.1. The van der Waals surface area contributed by atoms with E-state index in [4.69, 9.17) is 22.4 Å². The van der Waals surface area contributed by atoms with Crippen molar-refractivity contribution in [1.29, 1.82) is 15.8 Å². The van der Waals surface area contributed by atoms with Gasteiger partial charge in [-0.3, -0.25) is 0 Å². The Hall–Kier alpha value is -8.13. The van der Waals surface area contributed by atoms with Crippen LogP contribution in [0.5, 0.6) is 0 Å². The van der Waals surface area contributed by atoms with E-state index in [1.165, 1.54) is 30.7 Å². The smallest absolute Gasteiger partial charge is 0.188 e. The number of benzene rings is 4. The third kappa shape index (κ3) is 24.2. The molecule has 0 aliphatic rings. The van der Waals surface area contributed by atoms with E-state index in [2.05, 4.69) is 51.9 Å². The van der Waals surface area contributed by atoms with Gasteiger partial charge in [-0.15, -0.1) is 0 Å². The van der Waals surface area contributed by atoms with Crippen molar-refractivity contribution in [2.45, 2.75) is 90.0 Å². The molecule has 0 saturated carbocycles. The average molecular weight is 872 g/mol. The van der Waals surface area contributed by atoms with E-state index in [1.54, 1.807) is 24.3 Å². The Bertz CT molecular complexity index is 2460. The molecular formula is C52H55F2N11. The predicted molar refractivity (Wildman–Crippen MR) is 252 cm³/mol. The molecule has 0 N–H and O–H groups in total. The van der Waals surface area contributed by atoms with Crippen LogP contribution < -0.4 is 0 Å². The van der Waals surface area contributed by atoms with Crippen LogP contribution in [-0.4, -0.2) is 34.9 Å². The first-order chi connectivity index (χ1) is 30.7. The molecule has 11 nitrogen and oxygen atoms in total. The van der Waals surface area contributed by atoms with Gasteiger partial charge in [0.2, 0.25) is 0 Å². The quantitative estimate of drug-likeness (QED) is 0.134. The molecular weight excluding hydrogens is 817 g/mol. The lowest BCUT2D eigenvalue weighted by Crippen LogP contribution is -1.97. The van der Waals surface area contributed by atoms with Gasteiger partial charge in [0, 0.05) is 33.9 Å². The van der Waals surface area contributed by atoms with Crippen LogP contribution in [0.4, 0.5) is 14.5 Å². The van der Waals surface area contributed by atoms with Crippen LogP contribution in [0.25, 0.3) is 4.85 Å². The zero-order chi connectivity index (χ0) is 49.1. The molecule has 0 radical (unpaired) electrons. The Morgan fingerprint density at radius 1 is 0.400 bits per heavy atom. The lowest BCUT2D eigenvalue weighted by Gasteiger charge is -1.95. The fraction of sp³-hybridized carbons (Fsp3) is 0.250. The molecule has 7 aromatic rings. The van der Waals surface area contributed by atoms with Crippen LogP contribution in [0.2, 0.25) is 0 Å². The molecule has 332 valence electrons. The van der Waals surface area contributed by atoms with Crippen molar-refractivity contribution >= 4 is 5.69 Å². The number of aromatic nitrogens is 7. The van der Waals surface area contributed by atoms with Crippen LogP contribution in [-0.2, 0) is 0 Å². The van der Waals surface area contributed by atoms with Crippen molar-refractivity contribution < 1.29 is 8.78 Å². The summed E-state index contributed by atoms with van der Waals surface area (Å²) in [5.74, 6) is 3.10. The Balaban J connectivity index is 0.000000380. The molecule has 3 aromatic heterocycles. The van der Waals surface area contributed by atoms with Crippen molar-refractivity contribution in [2.24, 2.45) is 0 Å². The molecule has 0 amide bonds. The summed E-state index contributed by atoms with van der Waals surface area (Å²) in [4.78, 5) is 31.8. The van der Waals surface area contributed by atoms with Crippen molar-refractivity contribution in [3.05, 3.63) is 211 Å². The molecule has 7 rings (SSSR count). The Morgan fingerprint density at radius 3 is 1.12 bits per heavy atom. The molecule has 0 spiro atoms. The zero-order valence-corrected chi connectivity index (χ0v) is 39.4. The number of halogens is 2. The number of nitriles is 3. The molecule has 0 unspecified atom stereocenters. The molecule has 0 bridgehead atoms. The molecule has 3 heterocycles. The minimum atomic E-state index is -0.491. The van der Waals surface area contributed by atoms with Crippen molar-refractivity contribution in [1.82, 2.24) is 34.9 Å². The number of rotatable bonds is 0. The van der Waals surface area contributed by atoms with Gasteiger partial charge in [-0.1, -0.05) is 47.5 Å². The van der Waals surface area contributed by atoms with Gasteiger partial charge < -0.3 is 0 Å². The van der Waals surface area contributed by atoms with E-state index in [1.807, 2.05) is 144 Å². The van der Waals surface area contributed by atoms with Gasteiger partial charge >= 0.3 is 0 Å². The zero-order valence-electron chi connectivity index (χ0n) is 39.4. The summed E-state index contributed by atoms with van der Waals surface area (Å²) >= 11 is 0. The summed E-state index contributed by atoms with van der Waals surface area (Å²) < 4.78 is 24.7. The molecule has 13 heteroatoms. The van der Waals surface area contributed by atoms with E-state index >= 15 is 0 Å². The van der Waals surface area contributed by atoms with E-state index in [0.29, 0.717) is 11.3 Å². The first kappa shape index (κ1) is 54.9. The lowest BCUT2D eigenvalue weighted by molar-refractivity contribution is 0.568. The normalized spacial score (nSPS) is 9.09. The fourth-order valence-electron chi connectivity index (χ4n) is 5.40. The largest absolute Gasteiger partial charge is 0.239 e. The number of nitrogens with zero attached hydrogens (tertiary/aromatic N) is 11. The monoisotopic (exact) mass is 871 g/mol. The second-order valence-corrected chi connectivity index (χ2v) is 14.5. The van der Waals surface area contributed by atoms with Crippen molar-refractivity contribution in [3.63, 3.8) is 0 Å². The third-order valence-corrected chi connectivity index (χ3v) is 8.01. The molecule has 0 atom stereocenters. The van der Waals surface area contributed by atoms with Crippen LogP contribution >= 0.6 is 0 Å². The van der Waals surface area contributed by atoms with E-state index in [9.17, 15) is 8.78 Å². The molecule has 0 aliphatic carbocycles. The number of hydrogen-bond donors (Lipinski definition) is 0. The highest BCUT2D eigenvalue weighted by molar-refractivity contribution is 5.52. The highest BCUT2D eigenvalue weighted by Crippen LogP contribution is 2.16. The molecule has 4 aromatic carbocycles. The maximum absolute atomic E-state index is 12.3. The predicted octanol–water partition coefficient (Wildman–Crippen LogP) is 12.0. The Labute approximate surface area is 383 Å². The van der Waals surface area contributed by atoms with E-state index < -0.39 is 11.6 Å². The highest BCUT2D eigenvalue weighted by Gasteiger charge is 2.00. The van der Waals surface area contributed by atoms with Gasteiger partial charge in [-0.25, -0.2) is 48.5 Å².